The molecule has 8 heteroatoms. The summed E-state index contributed by atoms with van der Waals surface area (Å²) in [5.74, 6) is 2.10. The molecule has 192 valence electrons. The van der Waals surface area contributed by atoms with E-state index in [1.165, 1.54) is 12.1 Å². The van der Waals surface area contributed by atoms with Crippen LogP contribution < -0.4 is 5.32 Å². The van der Waals surface area contributed by atoms with Gasteiger partial charge in [-0.3, -0.25) is 4.79 Å². The van der Waals surface area contributed by atoms with Gasteiger partial charge in [0.2, 0.25) is 0 Å². The maximum absolute atomic E-state index is 12.0. The van der Waals surface area contributed by atoms with Crippen molar-refractivity contribution >= 4 is 28.4 Å². The number of anilines is 1. The van der Waals surface area contributed by atoms with Gasteiger partial charge in [-0.05, 0) is 69.2 Å². The van der Waals surface area contributed by atoms with Crippen LogP contribution in [0.2, 0.25) is 0 Å². The minimum absolute atomic E-state index is 0.135. The van der Waals surface area contributed by atoms with E-state index >= 15 is 0 Å². The van der Waals surface area contributed by atoms with E-state index in [0.29, 0.717) is 42.3 Å². The van der Waals surface area contributed by atoms with Crippen molar-refractivity contribution in [3.8, 4) is 17.3 Å². The maximum Gasteiger partial charge on any atom is 0.133 e. The number of fused-ring (bicyclic) bond motifs is 3. The molecule has 2 atom stereocenters. The van der Waals surface area contributed by atoms with E-state index in [2.05, 4.69) is 51.8 Å². The first-order valence-electron chi connectivity index (χ1n) is 13.4. The Bertz CT molecular complexity index is 1560. The number of nitriles is 1. The molecular weight excluding hydrogens is 476 g/mol. The van der Waals surface area contributed by atoms with Crippen LogP contribution in [-0.2, 0) is 9.53 Å². The molecular formula is C30H30N6O2. The molecule has 3 saturated carbocycles. The van der Waals surface area contributed by atoms with E-state index < -0.39 is 0 Å². The molecule has 3 aliphatic carbocycles. The van der Waals surface area contributed by atoms with Crippen molar-refractivity contribution in [2.24, 2.45) is 33.9 Å². The van der Waals surface area contributed by atoms with Gasteiger partial charge in [0.1, 0.15) is 11.9 Å². The van der Waals surface area contributed by atoms with Crippen LogP contribution in [0, 0.1) is 35.0 Å². The van der Waals surface area contributed by atoms with Gasteiger partial charge in [0, 0.05) is 40.8 Å². The second kappa shape index (κ2) is 8.60. The van der Waals surface area contributed by atoms with Crippen LogP contribution in [0.3, 0.4) is 0 Å². The Morgan fingerprint density at radius 1 is 1.13 bits per heavy atom. The van der Waals surface area contributed by atoms with Gasteiger partial charge in [-0.2, -0.15) is 20.6 Å². The van der Waals surface area contributed by atoms with E-state index in [1.807, 2.05) is 22.7 Å². The molecule has 2 bridgehead atoms. The second-order valence-electron chi connectivity index (χ2n) is 11.7. The fourth-order valence-corrected chi connectivity index (χ4v) is 7.00. The third-order valence-electron chi connectivity index (χ3n) is 8.92. The summed E-state index contributed by atoms with van der Waals surface area (Å²) >= 11 is 0. The normalized spacial score (nSPS) is 27.1. The van der Waals surface area contributed by atoms with Gasteiger partial charge < -0.3 is 10.1 Å². The third kappa shape index (κ3) is 3.76. The summed E-state index contributed by atoms with van der Waals surface area (Å²) in [5.41, 5.74) is 7.49. The Kier molecular flexibility index (Phi) is 5.27. The van der Waals surface area contributed by atoms with E-state index in [0.717, 1.165) is 53.0 Å². The molecule has 3 aromatic rings. The summed E-state index contributed by atoms with van der Waals surface area (Å²) in [5, 5.41) is 26.8. The Hall–Kier alpha value is -3.83. The highest BCUT2D eigenvalue weighted by molar-refractivity contribution is 6.18. The summed E-state index contributed by atoms with van der Waals surface area (Å²) in [6, 6.07) is 14.4. The lowest BCUT2D eigenvalue weighted by Gasteiger charge is -2.51. The monoisotopic (exact) mass is 506 g/mol. The van der Waals surface area contributed by atoms with Crippen LogP contribution in [0.4, 0.5) is 5.69 Å². The molecule has 5 aliphatic rings. The minimum atomic E-state index is -0.135. The zero-order chi connectivity index (χ0) is 26.0. The number of carbonyl (C=O) groups is 1. The van der Waals surface area contributed by atoms with Crippen LogP contribution in [0.1, 0.15) is 50.7 Å². The number of aromatic nitrogens is 2. The number of rotatable bonds is 6. The van der Waals surface area contributed by atoms with Gasteiger partial charge in [-0.25, -0.2) is 4.52 Å². The lowest BCUT2D eigenvalue weighted by Crippen LogP contribution is -2.53. The van der Waals surface area contributed by atoms with Gasteiger partial charge in [-0.1, -0.05) is 12.1 Å². The number of Topliss-reactive ketones (excluding diaryl/α,β-unsaturated/α-hetero) is 1. The van der Waals surface area contributed by atoms with Crippen molar-refractivity contribution in [1.29, 1.82) is 5.26 Å². The van der Waals surface area contributed by atoms with Crippen LogP contribution >= 0.6 is 0 Å². The molecule has 38 heavy (non-hydrogen) atoms. The number of nitrogens with zero attached hydrogens (tertiary/aromatic N) is 5. The van der Waals surface area contributed by atoms with Crippen LogP contribution in [0.5, 0.6) is 0 Å². The van der Waals surface area contributed by atoms with E-state index in [4.69, 9.17) is 4.74 Å². The van der Waals surface area contributed by atoms with Gasteiger partial charge in [0.05, 0.1) is 47.4 Å². The first kappa shape index (κ1) is 23.3. The summed E-state index contributed by atoms with van der Waals surface area (Å²) in [4.78, 5) is 12.0. The number of carbonyl (C=O) groups excluding carboxylic acids is 1. The quantitative estimate of drug-likeness (QED) is 0.513. The second-order valence-corrected chi connectivity index (χ2v) is 11.7. The Balaban J connectivity index is 1.16. The van der Waals surface area contributed by atoms with Crippen LogP contribution in [0.15, 0.2) is 52.8 Å². The molecule has 1 N–H and O–H groups in total. The smallest absolute Gasteiger partial charge is 0.133 e. The number of ether oxygens (including phenoxy) is 1. The summed E-state index contributed by atoms with van der Waals surface area (Å²) in [6.07, 6.45) is 5.66. The number of benzene rings is 1. The fourth-order valence-electron chi connectivity index (χ4n) is 7.00. The molecule has 1 saturated heterocycles. The predicted molar refractivity (Wildman–Crippen MR) is 145 cm³/mol. The fraction of sp³-hybridized carbons (Fsp3) is 0.433. The Morgan fingerprint density at radius 3 is 2.66 bits per heavy atom. The predicted octanol–water partition coefficient (Wildman–Crippen LogP) is 4.87. The Morgan fingerprint density at radius 2 is 1.95 bits per heavy atom. The molecule has 2 unspecified atom stereocenters. The topological polar surface area (TPSA) is 104 Å². The maximum atomic E-state index is 12.0. The summed E-state index contributed by atoms with van der Waals surface area (Å²) in [7, 11) is 0. The average Bonchev–Trinajstić information content (AvgIpc) is 3.55. The van der Waals surface area contributed by atoms with Crippen molar-refractivity contribution in [3.05, 3.63) is 53.7 Å². The van der Waals surface area contributed by atoms with Crippen molar-refractivity contribution in [1.82, 2.24) is 9.61 Å². The SMILES string of the molecule is CC(=O)C1C2CC(C3=NN=C(c4ccc(-c5ccc6cc(C#N)cnn56)cc4NC4(C)COC4)C3)CC1C2. The molecule has 4 heterocycles. The van der Waals surface area contributed by atoms with Crippen LogP contribution in [0.25, 0.3) is 16.8 Å². The molecule has 2 aromatic heterocycles. The van der Waals surface area contributed by atoms with Crippen molar-refractivity contribution in [2.75, 3.05) is 18.5 Å². The molecule has 0 spiro atoms. The minimum Gasteiger partial charge on any atom is -0.376 e. The highest BCUT2D eigenvalue weighted by Crippen LogP contribution is 2.54. The third-order valence-corrected chi connectivity index (χ3v) is 8.92. The van der Waals surface area contributed by atoms with Gasteiger partial charge in [-0.15, -0.1) is 0 Å². The highest BCUT2D eigenvalue weighted by Gasteiger charge is 2.50. The number of ketones is 1. The van der Waals surface area contributed by atoms with Crippen molar-refractivity contribution < 1.29 is 9.53 Å². The van der Waals surface area contributed by atoms with Gasteiger partial charge in [0.25, 0.3) is 0 Å². The molecule has 4 fully saturated rings. The average molecular weight is 507 g/mol. The largest absolute Gasteiger partial charge is 0.376 e. The molecule has 0 radical (unpaired) electrons. The van der Waals surface area contributed by atoms with Crippen LogP contribution in [-0.4, -0.2) is 45.6 Å². The highest BCUT2D eigenvalue weighted by atomic mass is 16.5. The number of nitrogens with one attached hydrogen (secondary N) is 1. The lowest BCUT2D eigenvalue weighted by atomic mass is 9.52. The molecule has 2 aliphatic heterocycles. The molecule has 1 aromatic carbocycles. The van der Waals surface area contributed by atoms with Gasteiger partial charge >= 0.3 is 0 Å². The van der Waals surface area contributed by atoms with Gasteiger partial charge in [0.15, 0.2) is 0 Å². The summed E-state index contributed by atoms with van der Waals surface area (Å²) < 4.78 is 7.38. The Labute approximate surface area is 221 Å². The lowest BCUT2D eigenvalue weighted by molar-refractivity contribution is -0.134. The van der Waals surface area contributed by atoms with E-state index in [-0.39, 0.29) is 11.5 Å². The first-order valence-corrected chi connectivity index (χ1v) is 13.4. The standard InChI is InChI=1S/C30H30N6O2/c1-17(37)29-21-8-20(9-22(29)10-21)25-12-27(35-34-25)24-5-3-19(11-26(24)33-30(2)15-38-16-30)28-6-4-23-7-18(13-31)14-32-36(23)28/h3-7,11,14,20-22,29,33H,8-10,12,15-16H2,1-2H3. The molecule has 0 amide bonds. The number of hydrogen-bond acceptors (Lipinski definition) is 7. The first-order chi connectivity index (χ1) is 18.4. The number of hydrogen-bond donors (Lipinski definition) is 1. The van der Waals surface area contributed by atoms with E-state index in [1.54, 1.807) is 13.1 Å². The van der Waals surface area contributed by atoms with E-state index in [9.17, 15) is 10.1 Å². The zero-order valence-electron chi connectivity index (χ0n) is 21.6. The zero-order valence-corrected chi connectivity index (χ0v) is 21.6. The molecule has 8 nitrogen and oxygen atoms in total. The van der Waals surface area contributed by atoms with Crippen molar-refractivity contribution in [2.45, 2.75) is 45.1 Å². The van der Waals surface area contributed by atoms with Crippen molar-refractivity contribution in [3.63, 3.8) is 0 Å². The molecule has 8 rings (SSSR count). The summed E-state index contributed by atoms with van der Waals surface area (Å²) in [6.45, 7) is 5.22.